The Morgan fingerprint density at radius 2 is 1.88 bits per heavy atom. The smallest absolute Gasteiger partial charge is 0.0441 e. The highest BCUT2D eigenvalue weighted by Crippen LogP contribution is 2.39. The van der Waals surface area contributed by atoms with Gasteiger partial charge in [-0.3, -0.25) is 0 Å². The zero-order chi connectivity index (χ0) is 11.1. The molecule has 16 heavy (non-hydrogen) atoms. The van der Waals surface area contributed by atoms with Crippen molar-refractivity contribution in [1.82, 2.24) is 5.32 Å². The molecule has 0 radical (unpaired) electrons. The van der Waals surface area contributed by atoms with Gasteiger partial charge in [-0.1, -0.05) is 29.3 Å². The fourth-order valence-corrected chi connectivity index (χ4v) is 3.56. The van der Waals surface area contributed by atoms with Crippen molar-refractivity contribution in [3.8, 4) is 0 Å². The van der Waals surface area contributed by atoms with E-state index in [2.05, 4.69) is 30.4 Å². The topological polar surface area (TPSA) is 12.0 Å². The average Bonchev–Trinajstić information content (AvgIpc) is 2.61. The maximum absolute atomic E-state index is 6.32. The van der Waals surface area contributed by atoms with E-state index < -0.39 is 0 Å². The molecule has 3 rings (SSSR count). The molecule has 2 heterocycles. The second-order valence-corrected chi connectivity index (χ2v) is 5.74. The van der Waals surface area contributed by atoms with Crippen molar-refractivity contribution in [2.45, 2.75) is 50.6 Å². The summed E-state index contributed by atoms with van der Waals surface area (Å²) in [6, 6.07) is 7.90. The molecule has 0 amide bonds. The van der Waals surface area contributed by atoms with E-state index in [1.54, 1.807) is 0 Å². The minimum absolute atomic E-state index is 0.672. The van der Waals surface area contributed by atoms with Crippen molar-refractivity contribution < 1.29 is 0 Å². The number of rotatable bonds is 1. The summed E-state index contributed by atoms with van der Waals surface area (Å²) in [6.45, 7) is 2.15. The molecule has 0 spiro atoms. The van der Waals surface area contributed by atoms with Gasteiger partial charge in [-0.15, -0.1) is 0 Å². The lowest BCUT2D eigenvalue weighted by atomic mass is 9.85. The van der Waals surface area contributed by atoms with Crippen LogP contribution in [0.5, 0.6) is 0 Å². The Morgan fingerprint density at radius 1 is 1.19 bits per heavy atom. The van der Waals surface area contributed by atoms with Gasteiger partial charge in [0, 0.05) is 17.1 Å². The second kappa shape index (κ2) is 4.05. The van der Waals surface area contributed by atoms with E-state index in [9.17, 15) is 0 Å². The molecule has 2 unspecified atom stereocenters. The number of benzene rings is 1. The molecule has 1 aromatic rings. The summed E-state index contributed by atoms with van der Waals surface area (Å²) in [7, 11) is 0. The molecule has 0 saturated carbocycles. The Labute approximate surface area is 102 Å². The lowest BCUT2D eigenvalue weighted by molar-refractivity contribution is 0.363. The van der Waals surface area contributed by atoms with E-state index >= 15 is 0 Å². The minimum Gasteiger partial charge on any atom is -0.311 e. The standard InChI is InChI=1S/C14H18ClN/c1-9-2-5-14(15)13(6-9)10-7-11-3-4-12(8-10)16-11/h2,5-6,10-12,16H,3-4,7-8H2,1H3. The van der Waals surface area contributed by atoms with Crippen molar-refractivity contribution in [3.63, 3.8) is 0 Å². The maximum atomic E-state index is 6.32. The molecule has 1 aromatic carbocycles. The maximum Gasteiger partial charge on any atom is 0.0441 e. The summed E-state index contributed by atoms with van der Waals surface area (Å²) in [6.07, 6.45) is 5.23. The fourth-order valence-electron chi connectivity index (χ4n) is 3.29. The van der Waals surface area contributed by atoms with Crippen LogP contribution < -0.4 is 5.32 Å². The highest BCUT2D eigenvalue weighted by molar-refractivity contribution is 6.31. The Hall–Kier alpha value is -0.530. The number of piperidine rings is 1. The van der Waals surface area contributed by atoms with Gasteiger partial charge in [0.25, 0.3) is 0 Å². The van der Waals surface area contributed by atoms with Gasteiger partial charge >= 0.3 is 0 Å². The number of hydrogen-bond donors (Lipinski definition) is 1. The van der Waals surface area contributed by atoms with Gasteiger partial charge in [0.2, 0.25) is 0 Å². The summed E-state index contributed by atoms with van der Waals surface area (Å²) in [5.41, 5.74) is 2.70. The van der Waals surface area contributed by atoms with E-state index in [-0.39, 0.29) is 0 Å². The zero-order valence-electron chi connectivity index (χ0n) is 9.67. The van der Waals surface area contributed by atoms with Gasteiger partial charge in [0.05, 0.1) is 0 Å². The van der Waals surface area contributed by atoms with Gasteiger partial charge in [-0.2, -0.15) is 0 Å². The van der Waals surface area contributed by atoms with Crippen LogP contribution in [0.1, 0.15) is 42.7 Å². The summed E-state index contributed by atoms with van der Waals surface area (Å²) in [5, 5.41) is 4.64. The Bertz CT molecular complexity index is 390. The first-order chi connectivity index (χ1) is 7.72. The average molecular weight is 236 g/mol. The summed E-state index contributed by atoms with van der Waals surface area (Å²) >= 11 is 6.32. The van der Waals surface area contributed by atoms with Crippen molar-refractivity contribution in [3.05, 3.63) is 34.3 Å². The van der Waals surface area contributed by atoms with Crippen LogP contribution in [0, 0.1) is 6.92 Å². The van der Waals surface area contributed by atoms with Crippen LogP contribution in [0.3, 0.4) is 0 Å². The molecule has 2 atom stereocenters. The summed E-state index contributed by atoms with van der Waals surface area (Å²) in [5.74, 6) is 0.672. The SMILES string of the molecule is Cc1ccc(Cl)c(C2CC3CCC(C2)N3)c1. The monoisotopic (exact) mass is 235 g/mol. The molecule has 2 bridgehead atoms. The van der Waals surface area contributed by atoms with Crippen molar-refractivity contribution in [2.24, 2.45) is 0 Å². The minimum atomic E-state index is 0.672. The summed E-state index contributed by atoms with van der Waals surface area (Å²) in [4.78, 5) is 0. The number of nitrogens with one attached hydrogen (secondary N) is 1. The highest BCUT2D eigenvalue weighted by atomic mass is 35.5. The second-order valence-electron chi connectivity index (χ2n) is 5.33. The first-order valence-electron chi connectivity index (χ1n) is 6.24. The third kappa shape index (κ3) is 1.87. The highest BCUT2D eigenvalue weighted by Gasteiger charge is 2.34. The number of aryl methyl sites for hydroxylation is 1. The Balaban J connectivity index is 1.89. The predicted octanol–water partition coefficient (Wildman–Crippen LogP) is 3.65. The predicted molar refractivity (Wildman–Crippen MR) is 68.1 cm³/mol. The van der Waals surface area contributed by atoms with E-state index in [0.717, 1.165) is 17.1 Å². The molecule has 1 N–H and O–H groups in total. The lowest BCUT2D eigenvalue weighted by Gasteiger charge is -2.30. The quantitative estimate of drug-likeness (QED) is 0.784. The number of hydrogen-bond acceptors (Lipinski definition) is 1. The molecule has 2 fully saturated rings. The molecule has 0 aromatic heterocycles. The van der Waals surface area contributed by atoms with Gasteiger partial charge in [0.15, 0.2) is 0 Å². The first kappa shape index (κ1) is 10.6. The zero-order valence-corrected chi connectivity index (χ0v) is 10.4. The van der Waals surface area contributed by atoms with E-state index in [1.807, 2.05) is 0 Å². The van der Waals surface area contributed by atoms with Crippen molar-refractivity contribution >= 4 is 11.6 Å². The number of fused-ring (bicyclic) bond motifs is 2. The Kier molecular flexibility index (Phi) is 2.68. The normalized spacial score (nSPS) is 33.0. The molecule has 0 aliphatic carbocycles. The molecule has 2 heteroatoms. The van der Waals surface area contributed by atoms with Crippen LogP contribution in [-0.4, -0.2) is 12.1 Å². The Morgan fingerprint density at radius 3 is 2.56 bits per heavy atom. The third-order valence-corrected chi connectivity index (χ3v) is 4.41. The van der Waals surface area contributed by atoms with E-state index in [1.165, 1.54) is 36.8 Å². The third-order valence-electron chi connectivity index (χ3n) is 4.06. The van der Waals surface area contributed by atoms with Gasteiger partial charge < -0.3 is 5.32 Å². The largest absolute Gasteiger partial charge is 0.311 e. The van der Waals surface area contributed by atoms with Crippen LogP contribution >= 0.6 is 11.6 Å². The first-order valence-corrected chi connectivity index (χ1v) is 6.62. The molecule has 86 valence electrons. The summed E-state index contributed by atoms with van der Waals surface area (Å²) < 4.78 is 0. The van der Waals surface area contributed by atoms with Crippen LogP contribution in [0.25, 0.3) is 0 Å². The lowest BCUT2D eigenvalue weighted by Crippen LogP contribution is -2.37. The van der Waals surface area contributed by atoms with Gasteiger partial charge in [-0.25, -0.2) is 0 Å². The molecule has 1 nitrogen and oxygen atoms in total. The van der Waals surface area contributed by atoms with Crippen LogP contribution in [0.4, 0.5) is 0 Å². The van der Waals surface area contributed by atoms with Crippen LogP contribution in [0.2, 0.25) is 5.02 Å². The fraction of sp³-hybridized carbons (Fsp3) is 0.571. The van der Waals surface area contributed by atoms with Gasteiger partial charge in [0.1, 0.15) is 0 Å². The molecular weight excluding hydrogens is 218 g/mol. The van der Waals surface area contributed by atoms with Crippen LogP contribution in [0.15, 0.2) is 18.2 Å². The van der Waals surface area contributed by atoms with E-state index in [4.69, 9.17) is 11.6 Å². The van der Waals surface area contributed by atoms with Crippen molar-refractivity contribution in [2.75, 3.05) is 0 Å². The molecule has 2 aliphatic rings. The van der Waals surface area contributed by atoms with Crippen molar-refractivity contribution in [1.29, 1.82) is 0 Å². The molecule has 2 saturated heterocycles. The molecule has 2 aliphatic heterocycles. The van der Waals surface area contributed by atoms with Crippen LogP contribution in [-0.2, 0) is 0 Å². The van der Waals surface area contributed by atoms with E-state index in [0.29, 0.717) is 5.92 Å². The number of halogens is 1. The van der Waals surface area contributed by atoms with Gasteiger partial charge in [-0.05, 0) is 50.2 Å². The molecular formula is C14H18ClN.